The molecule has 0 atom stereocenters. The Balaban J connectivity index is 3.44. The Labute approximate surface area is 86.4 Å². The minimum absolute atomic E-state index is 0.340. The molecule has 0 fully saturated rings. The zero-order valence-corrected chi connectivity index (χ0v) is 7.49. The van der Waals surface area contributed by atoms with Crippen LogP contribution in [0.15, 0.2) is 23.2 Å². The van der Waals surface area contributed by atoms with Crippen LogP contribution in [0.25, 0.3) is 0 Å². The summed E-state index contributed by atoms with van der Waals surface area (Å²) in [6, 6.07) is 1.99. The first kappa shape index (κ1) is 11.9. The Morgan fingerprint density at radius 3 is 2.44 bits per heavy atom. The second kappa shape index (κ2) is 4.11. The van der Waals surface area contributed by atoms with Crippen LogP contribution in [0, 0.1) is 10.1 Å². The van der Waals surface area contributed by atoms with E-state index in [1.807, 2.05) is 0 Å². The zero-order chi connectivity index (χ0) is 12.3. The van der Waals surface area contributed by atoms with E-state index in [9.17, 15) is 28.1 Å². The van der Waals surface area contributed by atoms with Crippen molar-refractivity contribution < 1.29 is 22.9 Å². The smallest absolute Gasteiger partial charge is 0.258 e. The lowest BCUT2D eigenvalue weighted by molar-refractivity contribution is -0.388. The Morgan fingerprint density at radius 2 is 2.00 bits per heavy atom. The van der Waals surface area contributed by atoms with Gasteiger partial charge in [-0.05, 0) is 12.1 Å². The van der Waals surface area contributed by atoms with Crippen LogP contribution in [0.4, 0.5) is 24.5 Å². The average molecular weight is 232 g/mol. The highest BCUT2D eigenvalue weighted by atomic mass is 19.4. The number of carbonyl (C=O) groups excluding carboxylic acids is 1. The quantitative estimate of drug-likeness (QED) is 0.340. The number of hydrogen-bond donors (Lipinski definition) is 0. The molecule has 0 aliphatic carbocycles. The molecule has 1 aromatic carbocycles. The lowest BCUT2D eigenvalue weighted by atomic mass is 10.1. The van der Waals surface area contributed by atoms with E-state index in [2.05, 4.69) is 4.99 Å². The average Bonchev–Trinajstić information content (AvgIpc) is 2.16. The molecule has 0 spiro atoms. The van der Waals surface area contributed by atoms with Gasteiger partial charge in [0.25, 0.3) is 5.69 Å². The van der Waals surface area contributed by atoms with Crippen LogP contribution < -0.4 is 0 Å². The molecule has 0 aromatic heterocycles. The summed E-state index contributed by atoms with van der Waals surface area (Å²) in [6.07, 6.45) is -3.83. The molecule has 0 unspecified atom stereocenters. The first-order chi connectivity index (χ1) is 7.36. The monoisotopic (exact) mass is 232 g/mol. The summed E-state index contributed by atoms with van der Waals surface area (Å²) >= 11 is 0. The molecular weight excluding hydrogens is 229 g/mol. The van der Waals surface area contributed by atoms with Gasteiger partial charge in [0.1, 0.15) is 5.56 Å². The standard InChI is InChI=1S/C8H3F3N2O3/c9-8(10,11)6-3-5(12-4-14)1-2-7(6)13(15)16/h1-3H. The van der Waals surface area contributed by atoms with E-state index < -0.39 is 22.4 Å². The predicted molar refractivity (Wildman–Crippen MR) is 45.9 cm³/mol. The van der Waals surface area contributed by atoms with E-state index in [0.717, 1.165) is 12.1 Å². The molecule has 1 rings (SSSR count). The van der Waals surface area contributed by atoms with Gasteiger partial charge in [0, 0.05) is 6.07 Å². The minimum atomic E-state index is -4.88. The van der Waals surface area contributed by atoms with E-state index in [-0.39, 0.29) is 5.69 Å². The number of aliphatic imine (C=N–C) groups is 1. The Morgan fingerprint density at radius 1 is 1.38 bits per heavy atom. The second-order valence-corrected chi connectivity index (χ2v) is 2.66. The topological polar surface area (TPSA) is 72.6 Å². The van der Waals surface area contributed by atoms with Gasteiger partial charge in [0.05, 0.1) is 10.6 Å². The number of nitro groups is 1. The van der Waals surface area contributed by atoms with E-state index in [4.69, 9.17) is 0 Å². The Hall–Kier alpha value is -2.21. The van der Waals surface area contributed by atoms with Crippen molar-refractivity contribution in [2.75, 3.05) is 0 Å². The molecule has 0 aliphatic heterocycles. The van der Waals surface area contributed by atoms with E-state index in [1.165, 1.54) is 0 Å². The van der Waals surface area contributed by atoms with Gasteiger partial charge < -0.3 is 0 Å². The van der Waals surface area contributed by atoms with Crippen molar-refractivity contribution in [1.82, 2.24) is 0 Å². The number of nitro benzene ring substituents is 1. The molecule has 16 heavy (non-hydrogen) atoms. The van der Waals surface area contributed by atoms with Crippen molar-refractivity contribution in [1.29, 1.82) is 0 Å². The molecule has 0 bridgehead atoms. The fourth-order valence-corrected chi connectivity index (χ4v) is 1.03. The maximum absolute atomic E-state index is 12.4. The number of nitrogens with zero attached hydrogens (tertiary/aromatic N) is 2. The maximum Gasteiger partial charge on any atom is 0.423 e. The van der Waals surface area contributed by atoms with E-state index >= 15 is 0 Å². The van der Waals surface area contributed by atoms with Crippen molar-refractivity contribution in [2.45, 2.75) is 6.18 Å². The van der Waals surface area contributed by atoms with Gasteiger partial charge in [-0.2, -0.15) is 18.2 Å². The van der Waals surface area contributed by atoms with Gasteiger partial charge in [0.2, 0.25) is 6.08 Å². The lowest BCUT2D eigenvalue weighted by Crippen LogP contribution is -2.08. The van der Waals surface area contributed by atoms with Gasteiger partial charge in [-0.3, -0.25) is 10.1 Å². The lowest BCUT2D eigenvalue weighted by Gasteiger charge is -2.07. The first-order valence-electron chi connectivity index (χ1n) is 3.80. The number of halogens is 3. The maximum atomic E-state index is 12.4. The number of benzene rings is 1. The summed E-state index contributed by atoms with van der Waals surface area (Å²) in [5.41, 5.74) is -2.88. The van der Waals surface area contributed by atoms with Crippen LogP contribution >= 0.6 is 0 Å². The molecule has 0 saturated heterocycles. The summed E-state index contributed by atoms with van der Waals surface area (Å²) in [5, 5.41) is 10.3. The van der Waals surface area contributed by atoms with Crippen LogP contribution in [0.2, 0.25) is 0 Å². The first-order valence-corrected chi connectivity index (χ1v) is 3.80. The molecule has 0 N–H and O–H groups in total. The van der Waals surface area contributed by atoms with Gasteiger partial charge in [-0.1, -0.05) is 0 Å². The van der Waals surface area contributed by atoms with Gasteiger partial charge in [0.15, 0.2) is 0 Å². The van der Waals surface area contributed by atoms with Crippen molar-refractivity contribution in [2.24, 2.45) is 4.99 Å². The summed E-state index contributed by atoms with van der Waals surface area (Å²) in [6.45, 7) is 0. The highest BCUT2D eigenvalue weighted by Gasteiger charge is 2.38. The zero-order valence-electron chi connectivity index (χ0n) is 7.49. The molecule has 84 valence electrons. The second-order valence-electron chi connectivity index (χ2n) is 2.66. The fourth-order valence-electron chi connectivity index (χ4n) is 1.03. The molecule has 0 aliphatic rings. The van der Waals surface area contributed by atoms with Crippen molar-refractivity contribution in [3.8, 4) is 0 Å². The molecule has 0 radical (unpaired) electrons. The van der Waals surface area contributed by atoms with E-state index in [0.29, 0.717) is 12.1 Å². The summed E-state index contributed by atoms with van der Waals surface area (Å²) in [4.78, 5) is 22.0. The highest BCUT2D eigenvalue weighted by molar-refractivity contribution is 5.56. The number of rotatable bonds is 2. The van der Waals surface area contributed by atoms with Gasteiger partial charge >= 0.3 is 6.18 Å². The number of hydrogen-bond acceptors (Lipinski definition) is 4. The van der Waals surface area contributed by atoms with Crippen molar-refractivity contribution in [3.63, 3.8) is 0 Å². The third-order valence-corrected chi connectivity index (χ3v) is 1.66. The third-order valence-electron chi connectivity index (χ3n) is 1.66. The van der Waals surface area contributed by atoms with Crippen molar-refractivity contribution >= 4 is 17.5 Å². The molecular formula is C8H3F3N2O3. The summed E-state index contributed by atoms with van der Waals surface area (Å²) < 4.78 is 37.2. The van der Waals surface area contributed by atoms with E-state index in [1.54, 1.807) is 0 Å². The highest BCUT2D eigenvalue weighted by Crippen LogP contribution is 2.37. The number of alkyl halides is 3. The van der Waals surface area contributed by atoms with Crippen molar-refractivity contribution in [3.05, 3.63) is 33.9 Å². The summed E-state index contributed by atoms with van der Waals surface area (Å²) in [7, 11) is 0. The van der Waals surface area contributed by atoms with Crippen LogP contribution in [-0.2, 0) is 11.0 Å². The molecule has 0 amide bonds. The van der Waals surface area contributed by atoms with Gasteiger partial charge in [-0.25, -0.2) is 4.79 Å². The predicted octanol–water partition coefficient (Wildman–Crippen LogP) is 2.58. The molecule has 0 saturated carbocycles. The third kappa shape index (κ3) is 2.43. The molecule has 1 aromatic rings. The van der Waals surface area contributed by atoms with Crippen LogP contribution in [0.5, 0.6) is 0 Å². The number of isocyanates is 1. The molecule has 0 heterocycles. The Bertz CT molecular complexity index is 478. The molecule has 5 nitrogen and oxygen atoms in total. The Kier molecular flexibility index (Phi) is 3.05. The van der Waals surface area contributed by atoms with Crippen LogP contribution in [0.3, 0.4) is 0 Å². The fraction of sp³-hybridized carbons (Fsp3) is 0.125. The minimum Gasteiger partial charge on any atom is -0.258 e. The SMILES string of the molecule is O=C=Nc1ccc([N+](=O)[O-])c(C(F)(F)F)c1. The largest absolute Gasteiger partial charge is 0.423 e. The molecule has 8 heteroatoms. The van der Waals surface area contributed by atoms with Crippen LogP contribution in [-0.4, -0.2) is 11.0 Å². The summed E-state index contributed by atoms with van der Waals surface area (Å²) in [5.74, 6) is 0. The van der Waals surface area contributed by atoms with Crippen LogP contribution in [0.1, 0.15) is 5.56 Å². The normalized spacial score (nSPS) is 10.7. The van der Waals surface area contributed by atoms with Gasteiger partial charge in [-0.15, -0.1) is 0 Å².